The first-order chi connectivity index (χ1) is 6.64. The molecule has 4 N–H and O–H groups in total. The molecule has 0 aromatic heterocycles. The molecule has 0 aliphatic heterocycles. The third kappa shape index (κ3) is 3.91. The van der Waals surface area contributed by atoms with Crippen LogP contribution in [0.2, 0.25) is 0 Å². The van der Waals surface area contributed by atoms with Gasteiger partial charge in [-0.2, -0.15) is 0 Å². The second kappa shape index (κ2) is 6.58. The van der Waals surface area contributed by atoms with Gasteiger partial charge in [-0.05, 0) is 6.42 Å². The number of aliphatic hydroxyl groups is 3. The average molecular weight is 207 g/mol. The van der Waals surface area contributed by atoms with Crippen LogP contribution in [-0.2, 0) is 4.74 Å². The number of rotatable bonds is 6. The second-order valence-electron chi connectivity index (χ2n) is 2.93. The monoisotopic (exact) mass is 207 g/mol. The highest BCUT2D eigenvalue weighted by Gasteiger charge is 2.29. The summed E-state index contributed by atoms with van der Waals surface area (Å²) in [4.78, 5) is 11.0. The van der Waals surface area contributed by atoms with E-state index in [9.17, 15) is 4.79 Å². The predicted octanol–water partition coefficient (Wildman–Crippen LogP) is -1.16. The third-order valence-corrected chi connectivity index (χ3v) is 1.97. The number of hydrogen-bond donors (Lipinski definition) is 4. The van der Waals surface area contributed by atoms with E-state index in [1.165, 1.54) is 0 Å². The smallest absolute Gasteiger partial charge is 0.407 e. The summed E-state index contributed by atoms with van der Waals surface area (Å²) >= 11 is 0. The molecule has 0 saturated heterocycles. The van der Waals surface area contributed by atoms with Gasteiger partial charge in [-0.25, -0.2) is 4.79 Å². The van der Waals surface area contributed by atoms with Crippen molar-refractivity contribution in [1.29, 1.82) is 0 Å². The van der Waals surface area contributed by atoms with Crippen LogP contribution >= 0.6 is 0 Å². The van der Waals surface area contributed by atoms with Gasteiger partial charge in [-0.15, -0.1) is 0 Å². The predicted molar refractivity (Wildman–Crippen MR) is 48.8 cm³/mol. The molecule has 84 valence electrons. The lowest BCUT2D eigenvalue weighted by molar-refractivity contribution is 0.0663. The Kier molecular flexibility index (Phi) is 6.18. The Morgan fingerprint density at radius 3 is 2.29 bits per heavy atom. The lowest BCUT2D eigenvalue weighted by Crippen LogP contribution is -2.54. The molecule has 0 atom stereocenters. The van der Waals surface area contributed by atoms with E-state index in [1.807, 2.05) is 0 Å². The first-order valence-corrected chi connectivity index (χ1v) is 4.41. The van der Waals surface area contributed by atoms with E-state index in [0.29, 0.717) is 6.42 Å². The molecular formula is C8H17NO5. The highest BCUT2D eigenvalue weighted by molar-refractivity contribution is 5.68. The van der Waals surface area contributed by atoms with Gasteiger partial charge in [-0.3, -0.25) is 0 Å². The minimum absolute atomic E-state index is 0.109. The Morgan fingerprint density at radius 2 is 1.93 bits per heavy atom. The molecule has 0 aliphatic carbocycles. The summed E-state index contributed by atoms with van der Waals surface area (Å²) in [5.41, 5.74) is -1.05. The molecule has 0 saturated carbocycles. The fraction of sp³-hybridized carbons (Fsp3) is 0.875. The van der Waals surface area contributed by atoms with E-state index in [4.69, 9.17) is 15.3 Å². The van der Waals surface area contributed by atoms with Gasteiger partial charge >= 0.3 is 6.09 Å². The van der Waals surface area contributed by atoms with E-state index in [1.54, 1.807) is 6.92 Å². The summed E-state index contributed by atoms with van der Waals surface area (Å²) < 4.78 is 4.53. The van der Waals surface area contributed by atoms with Crippen LogP contribution in [-0.4, -0.2) is 53.4 Å². The summed E-state index contributed by atoms with van der Waals surface area (Å²) in [6.07, 6.45) is -0.377. The van der Waals surface area contributed by atoms with E-state index in [-0.39, 0.29) is 26.4 Å². The van der Waals surface area contributed by atoms with Gasteiger partial charge in [-0.1, -0.05) is 6.92 Å². The van der Waals surface area contributed by atoms with Crippen molar-refractivity contribution in [2.24, 2.45) is 0 Å². The number of alkyl carbamates (subject to hydrolysis) is 1. The van der Waals surface area contributed by atoms with Gasteiger partial charge in [0.15, 0.2) is 0 Å². The van der Waals surface area contributed by atoms with E-state index >= 15 is 0 Å². The molecule has 0 spiro atoms. The first kappa shape index (κ1) is 13.2. The molecule has 0 fully saturated rings. The van der Waals surface area contributed by atoms with Crippen molar-refractivity contribution in [3.8, 4) is 0 Å². The zero-order valence-electron chi connectivity index (χ0n) is 8.19. The molecule has 0 bridgehead atoms. The maximum absolute atomic E-state index is 11.0. The average Bonchev–Trinajstić information content (AvgIpc) is 2.23. The number of ether oxygens (including phenoxy) is 1. The Balaban J connectivity index is 4.08. The zero-order chi connectivity index (χ0) is 11.0. The zero-order valence-corrected chi connectivity index (χ0v) is 8.19. The van der Waals surface area contributed by atoms with Crippen LogP contribution in [0.4, 0.5) is 4.79 Å². The van der Waals surface area contributed by atoms with Crippen LogP contribution in [0.25, 0.3) is 0 Å². The summed E-state index contributed by atoms with van der Waals surface area (Å²) in [7, 11) is 0. The molecule has 0 aromatic rings. The molecule has 6 nitrogen and oxygen atoms in total. The van der Waals surface area contributed by atoms with Gasteiger partial charge in [0, 0.05) is 0 Å². The first-order valence-electron chi connectivity index (χ1n) is 4.41. The van der Waals surface area contributed by atoms with Gasteiger partial charge in [0.2, 0.25) is 0 Å². The number of hydrogen-bond acceptors (Lipinski definition) is 5. The van der Waals surface area contributed by atoms with E-state index < -0.39 is 11.6 Å². The second-order valence-corrected chi connectivity index (χ2v) is 2.93. The third-order valence-electron chi connectivity index (χ3n) is 1.97. The number of nitrogens with one attached hydrogen (secondary N) is 1. The molecule has 0 radical (unpaired) electrons. The fourth-order valence-corrected chi connectivity index (χ4v) is 0.832. The Morgan fingerprint density at radius 1 is 1.36 bits per heavy atom. The highest BCUT2D eigenvalue weighted by Crippen LogP contribution is 2.08. The molecule has 14 heavy (non-hydrogen) atoms. The molecular weight excluding hydrogens is 190 g/mol. The van der Waals surface area contributed by atoms with Gasteiger partial charge < -0.3 is 25.4 Å². The largest absolute Gasteiger partial charge is 0.447 e. The lowest BCUT2D eigenvalue weighted by Gasteiger charge is -2.28. The lowest BCUT2D eigenvalue weighted by atomic mass is 9.99. The normalized spacial score (nSPS) is 11.1. The Labute approximate surface area is 82.5 Å². The summed E-state index contributed by atoms with van der Waals surface area (Å²) in [5, 5.41) is 28.7. The van der Waals surface area contributed by atoms with Crippen LogP contribution < -0.4 is 5.32 Å². The topological polar surface area (TPSA) is 99.0 Å². The number of carbonyl (C=O) groups is 1. The van der Waals surface area contributed by atoms with Crippen molar-refractivity contribution in [3.63, 3.8) is 0 Å². The number of carbonyl (C=O) groups excluding carboxylic acids is 1. The maximum Gasteiger partial charge on any atom is 0.407 e. The molecule has 0 heterocycles. The van der Waals surface area contributed by atoms with E-state index in [0.717, 1.165) is 0 Å². The number of aliphatic hydroxyl groups excluding tert-OH is 3. The van der Waals surface area contributed by atoms with Crippen molar-refractivity contribution in [1.82, 2.24) is 5.32 Å². The van der Waals surface area contributed by atoms with Crippen molar-refractivity contribution < 1.29 is 24.9 Å². The number of amides is 1. The minimum Gasteiger partial charge on any atom is -0.447 e. The standard InChI is InChI=1S/C8H17NO5/c1-2-8(5-11,6-12)9-7(13)14-4-3-10/h10-12H,2-6H2,1H3,(H,9,13). The van der Waals surface area contributed by atoms with Gasteiger partial charge in [0.25, 0.3) is 0 Å². The summed E-state index contributed by atoms with van der Waals surface area (Å²) in [6.45, 7) is 0.620. The summed E-state index contributed by atoms with van der Waals surface area (Å²) in [6, 6.07) is 0. The molecule has 6 heteroatoms. The van der Waals surface area contributed by atoms with Crippen molar-refractivity contribution in [3.05, 3.63) is 0 Å². The fourth-order valence-electron chi connectivity index (χ4n) is 0.832. The van der Waals surface area contributed by atoms with Crippen LogP contribution in [0.15, 0.2) is 0 Å². The van der Waals surface area contributed by atoms with Crippen LogP contribution in [0, 0.1) is 0 Å². The molecule has 0 aliphatic rings. The van der Waals surface area contributed by atoms with Crippen molar-refractivity contribution in [2.75, 3.05) is 26.4 Å². The Hall–Kier alpha value is -0.850. The van der Waals surface area contributed by atoms with Gasteiger partial charge in [0.05, 0.1) is 25.4 Å². The quantitative estimate of drug-likeness (QED) is 0.440. The van der Waals surface area contributed by atoms with Crippen molar-refractivity contribution in [2.45, 2.75) is 18.9 Å². The van der Waals surface area contributed by atoms with Crippen LogP contribution in [0.5, 0.6) is 0 Å². The van der Waals surface area contributed by atoms with Crippen LogP contribution in [0.1, 0.15) is 13.3 Å². The van der Waals surface area contributed by atoms with Crippen LogP contribution in [0.3, 0.4) is 0 Å². The van der Waals surface area contributed by atoms with Gasteiger partial charge in [0.1, 0.15) is 6.61 Å². The van der Waals surface area contributed by atoms with Crippen molar-refractivity contribution >= 4 is 6.09 Å². The molecule has 0 rings (SSSR count). The van der Waals surface area contributed by atoms with E-state index in [2.05, 4.69) is 10.1 Å². The minimum atomic E-state index is -1.05. The highest BCUT2D eigenvalue weighted by atomic mass is 16.6. The summed E-state index contributed by atoms with van der Waals surface area (Å²) in [5.74, 6) is 0. The molecule has 0 unspecified atom stereocenters. The molecule has 0 aromatic carbocycles. The maximum atomic E-state index is 11.0. The molecule has 1 amide bonds. The SMILES string of the molecule is CCC(CO)(CO)NC(=O)OCCO. The Bertz CT molecular complexity index is 161.